The summed E-state index contributed by atoms with van der Waals surface area (Å²) < 4.78 is 14.1. The normalized spacial score (nSPS) is 17.4. The highest BCUT2D eigenvalue weighted by molar-refractivity contribution is 8.26. The van der Waals surface area contributed by atoms with E-state index in [-0.39, 0.29) is 16.5 Å². The molecule has 0 atom stereocenters. The molecule has 0 aromatic heterocycles. The van der Waals surface area contributed by atoms with Crippen molar-refractivity contribution in [3.63, 3.8) is 0 Å². The Hall–Kier alpha value is -1.17. The van der Waals surface area contributed by atoms with Crippen LogP contribution >= 0.6 is 35.6 Å². The molecule has 0 aliphatic carbocycles. The van der Waals surface area contributed by atoms with Crippen LogP contribution in [-0.4, -0.2) is 21.7 Å². The van der Waals surface area contributed by atoms with Crippen LogP contribution in [0.1, 0.15) is 5.56 Å². The van der Waals surface area contributed by atoms with Crippen molar-refractivity contribution >= 4 is 51.9 Å². The third-order valence-corrected chi connectivity index (χ3v) is 4.17. The molecule has 1 aliphatic rings. The zero-order valence-corrected chi connectivity index (χ0v) is 12.1. The van der Waals surface area contributed by atoms with E-state index in [1.807, 2.05) is 0 Å². The number of carbonyl (C=O) groups excluding carboxylic acids is 1. The number of hydrogen-bond donors (Lipinski definition) is 0. The first-order valence-corrected chi connectivity index (χ1v) is 6.95. The number of rotatable bonds is 3. The van der Waals surface area contributed by atoms with E-state index in [2.05, 4.69) is 6.58 Å². The van der Waals surface area contributed by atoms with Gasteiger partial charge in [0, 0.05) is 12.1 Å². The summed E-state index contributed by atoms with van der Waals surface area (Å²) in [5.41, 5.74) is 0.197. The van der Waals surface area contributed by atoms with Crippen molar-refractivity contribution < 1.29 is 9.18 Å². The number of hydrogen-bond acceptors (Lipinski definition) is 3. The summed E-state index contributed by atoms with van der Waals surface area (Å²) in [5, 5.41) is 0.258. The maximum absolute atomic E-state index is 13.7. The van der Waals surface area contributed by atoms with Crippen LogP contribution in [0.15, 0.2) is 35.8 Å². The number of nitrogens with zero attached hydrogens (tertiary/aromatic N) is 1. The van der Waals surface area contributed by atoms with E-state index in [0.717, 1.165) is 11.8 Å². The van der Waals surface area contributed by atoms with Gasteiger partial charge in [-0.25, -0.2) is 4.39 Å². The first kappa shape index (κ1) is 14.2. The average Bonchev–Trinajstić information content (AvgIpc) is 2.62. The molecule has 2 rings (SSSR count). The highest BCUT2D eigenvalue weighted by Gasteiger charge is 2.31. The Balaban J connectivity index is 2.38. The smallest absolute Gasteiger partial charge is 0.266 e. The molecule has 1 saturated heterocycles. The van der Waals surface area contributed by atoms with E-state index in [9.17, 15) is 9.18 Å². The van der Waals surface area contributed by atoms with Gasteiger partial charge >= 0.3 is 0 Å². The molecule has 1 aromatic carbocycles. The van der Waals surface area contributed by atoms with E-state index < -0.39 is 5.82 Å². The molecular weight excluding hydrogens is 305 g/mol. The lowest BCUT2D eigenvalue weighted by Crippen LogP contribution is -2.27. The van der Waals surface area contributed by atoms with Gasteiger partial charge in [0.05, 0.1) is 9.93 Å². The number of thioether (sulfide) groups is 1. The molecule has 0 unspecified atom stereocenters. The summed E-state index contributed by atoms with van der Waals surface area (Å²) in [6.07, 6.45) is 3.02. The van der Waals surface area contributed by atoms with Crippen LogP contribution in [0.2, 0.25) is 5.02 Å². The topological polar surface area (TPSA) is 20.3 Å². The second-order valence-corrected chi connectivity index (χ2v) is 5.80. The molecule has 0 spiro atoms. The van der Waals surface area contributed by atoms with Gasteiger partial charge < -0.3 is 0 Å². The van der Waals surface area contributed by atoms with E-state index in [0.29, 0.717) is 15.8 Å². The third kappa shape index (κ3) is 2.88. The van der Waals surface area contributed by atoms with Gasteiger partial charge in [0.1, 0.15) is 10.1 Å². The Kier molecular flexibility index (Phi) is 4.39. The van der Waals surface area contributed by atoms with Crippen LogP contribution in [-0.2, 0) is 4.79 Å². The lowest BCUT2D eigenvalue weighted by atomic mass is 10.2. The molecular formula is C13H9ClFNOS2. The summed E-state index contributed by atoms with van der Waals surface area (Å²) in [5.74, 6) is -0.726. The Morgan fingerprint density at radius 1 is 1.53 bits per heavy atom. The summed E-state index contributed by atoms with van der Waals surface area (Å²) in [7, 11) is 0. The van der Waals surface area contributed by atoms with Crippen LogP contribution in [0, 0.1) is 5.82 Å². The van der Waals surface area contributed by atoms with Crippen LogP contribution in [0.5, 0.6) is 0 Å². The van der Waals surface area contributed by atoms with E-state index in [4.69, 9.17) is 23.8 Å². The van der Waals surface area contributed by atoms with Gasteiger partial charge in [-0.15, -0.1) is 6.58 Å². The van der Waals surface area contributed by atoms with Gasteiger partial charge in [0.2, 0.25) is 0 Å². The monoisotopic (exact) mass is 313 g/mol. The van der Waals surface area contributed by atoms with Crippen LogP contribution in [0.3, 0.4) is 0 Å². The highest BCUT2D eigenvalue weighted by atomic mass is 35.5. The van der Waals surface area contributed by atoms with Crippen LogP contribution in [0.4, 0.5) is 4.39 Å². The lowest BCUT2D eigenvalue weighted by molar-refractivity contribution is -0.121. The molecule has 98 valence electrons. The number of amides is 1. The quantitative estimate of drug-likeness (QED) is 0.480. The Morgan fingerprint density at radius 2 is 2.26 bits per heavy atom. The van der Waals surface area contributed by atoms with Crippen molar-refractivity contribution in [1.29, 1.82) is 0 Å². The predicted molar refractivity (Wildman–Crippen MR) is 81.5 cm³/mol. The zero-order valence-electron chi connectivity index (χ0n) is 9.73. The van der Waals surface area contributed by atoms with Gasteiger partial charge in [-0.3, -0.25) is 9.69 Å². The fraction of sp³-hybridized carbons (Fsp3) is 0.0769. The van der Waals surface area contributed by atoms with E-state index >= 15 is 0 Å². The molecule has 0 N–H and O–H groups in total. The van der Waals surface area contributed by atoms with Crippen LogP contribution in [0.25, 0.3) is 6.08 Å². The molecule has 19 heavy (non-hydrogen) atoms. The van der Waals surface area contributed by atoms with E-state index in [1.165, 1.54) is 23.1 Å². The minimum absolute atomic E-state index is 0.197. The van der Waals surface area contributed by atoms with Gasteiger partial charge in [-0.2, -0.15) is 0 Å². The van der Waals surface area contributed by atoms with E-state index in [1.54, 1.807) is 12.1 Å². The summed E-state index contributed by atoms with van der Waals surface area (Å²) >= 11 is 12.1. The minimum atomic E-state index is -0.471. The maximum atomic E-state index is 13.7. The van der Waals surface area contributed by atoms with Crippen molar-refractivity contribution in [1.82, 2.24) is 4.90 Å². The molecule has 0 saturated carbocycles. The molecule has 0 radical (unpaired) electrons. The summed E-state index contributed by atoms with van der Waals surface area (Å²) in [4.78, 5) is 13.8. The molecule has 1 fully saturated rings. The molecule has 1 aromatic rings. The predicted octanol–water partition coefficient (Wildman–Crippen LogP) is 3.87. The fourth-order valence-corrected chi connectivity index (χ4v) is 3.04. The van der Waals surface area contributed by atoms with Crippen molar-refractivity contribution in [2.75, 3.05) is 6.54 Å². The second kappa shape index (κ2) is 5.86. The minimum Gasteiger partial charge on any atom is -0.289 e. The Bertz CT molecular complexity index is 580. The molecule has 0 bridgehead atoms. The third-order valence-electron chi connectivity index (χ3n) is 2.46. The standard InChI is InChI=1S/C13H9ClFNOS2/c1-2-6-16-12(17)11(19-13(16)18)7-8-9(14)4-3-5-10(8)15/h2-5,7H,1,6H2/b11-7-. The molecule has 6 heteroatoms. The molecule has 2 nitrogen and oxygen atoms in total. The zero-order chi connectivity index (χ0) is 14.0. The maximum Gasteiger partial charge on any atom is 0.266 e. The molecule has 1 aliphatic heterocycles. The first-order chi connectivity index (χ1) is 9.04. The molecule has 1 amide bonds. The number of benzene rings is 1. The average molecular weight is 314 g/mol. The molecule has 1 heterocycles. The second-order valence-electron chi connectivity index (χ2n) is 3.72. The van der Waals surface area contributed by atoms with Crippen molar-refractivity contribution in [2.24, 2.45) is 0 Å². The summed E-state index contributed by atoms with van der Waals surface area (Å²) in [6.45, 7) is 3.91. The Morgan fingerprint density at radius 3 is 2.89 bits per heavy atom. The lowest BCUT2D eigenvalue weighted by Gasteiger charge is -2.10. The summed E-state index contributed by atoms with van der Waals surface area (Å²) in [6, 6.07) is 4.38. The van der Waals surface area contributed by atoms with Gasteiger partial charge in [0.25, 0.3) is 5.91 Å². The largest absolute Gasteiger partial charge is 0.289 e. The van der Waals surface area contributed by atoms with Crippen molar-refractivity contribution in [3.8, 4) is 0 Å². The number of thiocarbonyl (C=S) groups is 1. The van der Waals surface area contributed by atoms with Crippen molar-refractivity contribution in [3.05, 3.63) is 52.2 Å². The number of carbonyl (C=O) groups is 1. The van der Waals surface area contributed by atoms with Gasteiger partial charge in [-0.05, 0) is 18.2 Å². The fourth-order valence-electron chi connectivity index (χ4n) is 1.57. The van der Waals surface area contributed by atoms with Crippen molar-refractivity contribution in [2.45, 2.75) is 0 Å². The Labute approximate surface area is 124 Å². The van der Waals surface area contributed by atoms with Gasteiger partial charge in [-0.1, -0.05) is 47.7 Å². The first-order valence-electron chi connectivity index (χ1n) is 5.35. The SMILES string of the molecule is C=CCN1C(=O)/C(=C/c2c(F)cccc2Cl)SC1=S. The van der Waals surface area contributed by atoms with Gasteiger partial charge in [0.15, 0.2) is 0 Å². The number of halogens is 2. The highest BCUT2D eigenvalue weighted by Crippen LogP contribution is 2.34. The van der Waals surface area contributed by atoms with Crippen LogP contribution < -0.4 is 0 Å².